The van der Waals surface area contributed by atoms with Gasteiger partial charge in [0.25, 0.3) is 0 Å². The van der Waals surface area contributed by atoms with Crippen molar-refractivity contribution in [3.63, 3.8) is 0 Å². The molecule has 0 heterocycles. The van der Waals surface area contributed by atoms with E-state index >= 15 is 0 Å². The molecule has 0 saturated carbocycles. The molecule has 0 spiro atoms. The highest BCUT2D eigenvalue weighted by molar-refractivity contribution is 7.90. The molecule has 5 nitrogen and oxygen atoms in total. The number of hydrogen-bond donors (Lipinski definition) is 1. The van der Waals surface area contributed by atoms with Gasteiger partial charge < -0.3 is 9.84 Å². The molecule has 0 saturated heterocycles. The van der Waals surface area contributed by atoms with Gasteiger partial charge in [0.2, 0.25) is 0 Å². The number of aliphatic hydroxyl groups is 1. The first-order valence-electron chi connectivity index (χ1n) is 7.42. The van der Waals surface area contributed by atoms with Crippen molar-refractivity contribution in [3.8, 4) is 17.6 Å². The van der Waals surface area contributed by atoms with Crippen LogP contribution in [0.4, 0.5) is 17.6 Å². The third kappa shape index (κ3) is 3.13. The second-order valence-corrected chi connectivity index (χ2v) is 7.97. The molecule has 2 aromatic carbocycles. The lowest BCUT2D eigenvalue weighted by atomic mass is 10.1. The summed E-state index contributed by atoms with van der Waals surface area (Å²) in [5, 5.41) is 18.7. The molecule has 1 aliphatic carbocycles. The maximum atomic E-state index is 14.4. The van der Waals surface area contributed by atoms with Gasteiger partial charge in [0.15, 0.2) is 16.0 Å². The first-order chi connectivity index (χ1) is 12.5. The lowest BCUT2D eigenvalue weighted by molar-refractivity contribution is -0.143. The summed E-state index contributed by atoms with van der Waals surface area (Å²) < 4.78 is 84.9. The zero-order chi connectivity index (χ0) is 20.1. The van der Waals surface area contributed by atoms with Crippen LogP contribution in [0.2, 0.25) is 0 Å². The Morgan fingerprint density at radius 1 is 1.22 bits per heavy atom. The molecule has 0 amide bonds. The van der Waals surface area contributed by atoms with Gasteiger partial charge in [-0.15, -0.1) is 0 Å². The molecule has 1 aliphatic rings. The number of alkyl halides is 3. The molecule has 2 aromatic rings. The SMILES string of the molecule is CS(=O)(=O)c1ccc(Oc2cc(F)cc(C#N)c2)c2c1[C@H](O)C(F)(F)[C@H]2F. The van der Waals surface area contributed by atoms with Crippen LogP contribution in [0.15, 0.2) is 35.2 Å². The van der Waals surface area contributed by atoms with Crippen LogP contribution in [0.5, 0.6) is 11.5 Å². The standard InChI is InChI=1S/C17H11F4NO4S/c1-27(24,25)12-3-2-11(13-14(12)16(23)17(20,21)15(13)19)26-10-5-8(7-22)4-9(18)6-10/h2-6,15-16,23H,1H3/t15-,16-/m0/s1. The lowest BCUT2D eigenvalue weighted by Crippen LogP contribution is -2.24. The Kier molecular flexibility index (Phi) is 4.40. The van der Waals surface area contributed by atoms with Gasteiger partial charge >= 0.3 is 5.92 Å². The van der Waals surface area contributed by atoms with E-state index in [-0.39, 0.29) is 11.3 Å². The maximum absolute atomic E-state index is 14.4. The lowest BCUT2D eigenvalue weighted by Gasteiger charge is -2.16. The summed E-state index contributed by atoms with van der Waals surface area (Å²) in [5.74, 6) is -5.93. The van der Waals surface area contributed by atoms with E-state index in [9.17, 15) is 31.1 Å². The topological polar surface area (TPSA) is 87.4 Å². The van der Waals surface area contributed by atoms with E-state index in [0.29, 0.717) is 0 Å². The normalized spacial score (nSPS) is 20.8. The first-order valence-corrected chi connectivity index (χ1v) is 9.31. The smallest absolute Gasteiger partial charge is 0.312 e. The Hall–Kier alpha value is -2.64. The van der Waals surface area contributed by atoms with E-state index < -0.39 is 55.6 Å². The summed E-state index contributed by atoms with van der Waals surface area (Å²) in [7, 11) is -4.06. The minimum absolute atomic E-state index is 0.128. The molecule has 0 aromatic heterocycles. The highest BCUT2D eigenvalue weighted by Gasteiger charge is 2.58. The Balaban J connectivity index is 2.21. The predicted molar refractivity (Wildman–Crippen MR) is 84.5 cm³/mol. The fraction of sp³-hybridized carbons (Fsp3) is 0.235. The molecule has 0 unspecified atom stereocenters. The van der Waals surface area contributed by atoms with Gasteiger partial charge in [0.05, 0.1) is 16.5 Å². The number of sulfone groups is 1. The second kappa shape index (κ2) is 6.21. The van der Waals surface area contributed by atoms with Crippen LogP contribution in [0.3, 0.4) is 0 Å². The van der Waals surface area contributed by atoms with E-state index in [2.05, 4.69) is 0 Å². The zero-order valence-electron chi connectivity index (χ0n) is 13.6. The van der Waals surface area contributed by atoms with Gasteiger partial charge in [0.1, 0.15) is 23.4 Å². The van der Waals surface area contributed by atoms with Crippen molar-refractivity contribution in [2.24, 2.45) is 0 Å². The van der Waals surface area contributed by atoms with Crippen LogP contribution in [-0.2, 0) is 9.84 Å². The second-order valence-electron chi connectivity index (χ2n) is 5.99. The number of aliphatic hydroxyl groups excluding tert-OH is 1. The summed E-state index contributed by atoms with van der Waals surface area (Å²) in [6.45, 7) is 0. The van der Waals surface area contributed by atoms with Crippen molar-refractivity contribution < 1.29 is 35.8 Å². The van der Waals surface area contributed by atoms with E-state index in [1.165, 1.54) is 0 Å². The number of nitrogens with zero attached hydrogens (tertiary/aromatic N) is 1. The zero-order valence-corrected chi connectivity index (χ0v) is 14.4. The van der Waals surface area contributed by atoms with E-state index in [0.717, 1.165) is 36.6 Å². The number of halogens is 4. The molecule has 142 valence electrons. The fourth-order valence-electron chi connectivity index (χ4n) is 2.89. The molecular weight excluding hydrogens is 390 g/mol. The van der Waals surface area contributed by atoms with Gasteiger partial charge in [-0.2, -0.15) is 14.0 Å². The first kappa shape index (κ1) is 19.1. The van der Waals surface area contributed by atoms with Crippen LogP contribution >= 0.6 is 0 Å². The van der Waals surface area contributed by atoms with Crippen LogP contribution in [0.1, 0.15) is 29.0 Å². The van der Waals surface area contributed by atoms with E-state index in [1.54, 1.807) is 6.07 Å². The van der Waals surface area contributed by atoms with Crippen molar-refractivity contribution in [1.29, 1.82) is 5.26 Å². The number of rotatable bonds is 3. The quantitative estimate of drug-likeness (QED) is 0.795. The third-order valence-corrected chi connectivity index (χ3v) is 5.22. The minimum atomic E-state index is -4.28. The molecule has 27 heavy (non-hydrogen) atoms. The van der Waals surface area contributed by atoms with Crippen molar-refractivity contribution in [2.45, 2.75) is 23.1 Å². The number of hydrogen-bond acceptors (Lipinski definition) is 5. The molecule has 2 atom stereocenters. The van der Waals surface area contributed by atoms with Gasteiger partial charge in [-0.1, -0.05) is 0 Å². The largest absolute Gasteiger partial charge is 0.457 e. The van der Waals surface area contributed by atoms with Crippen LogP contribution in [0, 0.1) is 17.1 Å². The molecular formula is C17H11F4NO4S. The summed E-state index contributed by atoms with van der Waals surface area (Å²) in [6, 6.07) is 6.34. The van der Waals surface area contributed by atoms with Gasteiger partial charge in [-0.25, -0.2) is 17.2 Å². The molecule has 0 fully saturated rings. The van der Waals surface area contributed by atoms with Crippen LogP contribution < -0.4 is 4.74 Å². The van der Waals surface area contributed by atoms with Crippen LogP contribution in [-0.4, -0.2) is 25.7 Å². The monoisotopic (exact) mass is 401 g/mol. The number of ether oxygens (including phenoxy) is 1. The maximum Gasteiger partial charge on any atom is 0.312 e. The highest BCUT2D eigenvalue weighted by Crippen LogP contribution is 2.57. The highest BCUT2D eigenvalue weighted by atomic mass is 32.2. The third-order valence-electron chi connectivity index (χ3n) is 4.06. The average molecular weight is 401 g/mol. The Bertz CT molecular complexity index is 1080. The molecule has 1 N–H and O–H groups in total. The summed E-state index contributed by atoms with van der Waals surface area (Å²) in [6.07, 6.45) is -5.01. The average Bonchev–Trinajstić information content (AvgIpc) is 2.75. The van der Waals surface area contributed by atoms with Crippen molar-refractivity contribution >= 4 is 9.84 Å². The molecule has 0 bridgehead atoms. The van der Waals surface area contributed by atoms with E-state index in [1.807, 2.05) is 0 Å². The Morgan fingerprint density at radius 3 is 2.48 bits per heavy atom. The van der Waals surface area contributed by atoms with Gasteiger partial charge in [-0.05, 0) is 24.3 Å². The Morgan fingerprint density at radius 2 is 1.89 bits per heavy atom. The number of fused-ring (bicyclic) bond motifs is 1. The Labute approximate surface area is 151 Å². The van der Waals surface area contributed by atoms with Crippen molar-refractivity contribution in [3.05, 3.63) is 52.8 Å². The summed E-state index contributed by atoms with van der Waals surface area (Å²) in [5.41, 5.74) is -1.76. The van der Waals surface area contributed by atoms with E-state index in [4.69, 9.17) is 10.00 Å². The fourth-order valence-corrected chi connectivity index (χ4v) is 3.83. The number of nitriles is 1. The van der Waals surface area contributed by atoms with Crippen molar-refractivity contribution in [1.82, 2.24) is 0 Å². The summed E-state index contributed by atoms with van der Waals surface area (Å²) in [4.78, 5) is -0.658. The van der Waals surface area contributed by atoms with Crippen LogP contribution in [0.25, 0.3) is 0 Å². The van der Waals surface area contributed by atoms with Gasteiger partial charge in [0, 0.05) is 23.4 Å². The molecule has 0 aliphatic heterocycles. The summed E-state index contributed by atoms with van der Waals surface area (Å²) >= 11 is 0. The molecule has 10 heteroatoms. The van der Waals surface area contributed by atoms with Gasteiger partial charge in [-0.3, -0.25) is 0 Å². The van der Waals surface area contributed by atoms with Crippen molar-refractivity contribution in [2.75, 3.05) is 6.26 Å². The predicted octanol–water partition coefficient (Wildman–Crippen LogP) is 3.59. The minimum Gasteiger partial charge on any atom is -0.457 e. The molecule has 3 rings (SSSR count). The molecule has 0 radical (unpaired) electrons. The number of benzene rings is 2.